The summed E-state index contributed by atoms with van der Waals surface area (Å²) >= 11 is 0. The van der Waals surface area contributed by atoms with Gasteiger partial charge in [0.25, 0.3) is 5.56 Å². The molecule has 8 nitrogen and oxygen atoms in total. The van der Waals surface area contributed by atoms with Gasteiger partial charge in [-0.25, -0.2) is 4.98 Å². The van der Waals surface area contributed by atoms with E-state index in [1.165, 1.54) is 23.4 Å². The number of carbonyl (C=O) groups is 3. The SMILES string of the molecule is CCC(=O)N(C)c1nc2ccccc2n(CC(=O)Nc2cccc(C(C)=O)c2)c1=O. The summed E-state index contributed by atoms with van der Waals surface area (Å²) in [5.74, 6) is -0.848. The molecule has 0 saturated carbocycles. The van der Waals surface area contributed by atoms with Crippen molar-refractivity contribution in [3.8, 4) is 0 Å². The van der Waals surface area contributed by atoms with Crippen LogP contribution in [0.1, 0.15) is 30.6 Å². The number of fused-ring (bicyclic) bond motifs is 1. The van der Waals surface area contributed by atoms with Crippen molar-refractivity contribution in [2.75, 3.05) is 17.3 Å². The lowest BCUT2D eigenvalue weighted by Crippen LogP contribution is -2.36. The van der Waals surface area contributed by atoms with Crippen LogP contribution in [0.3, 0.4) is 0 Å². The molecule has 2 aromatic carbocycles. The predicted octanol–water partition coefficient (Wildman–Crippen LogP) is 2.61. The Labute approximate surface area is 173 Å². The van der Waals surface area contributed by atoms with Crippen molar-refractivity contribution in [3.05, 3.63) is 64.4 Å². The molecule has 8 heteroatoms. The molecule has 0 spiro atoms. The number of para-hydroxylation sites is 2. The number of nitrogens with zero attached hydrogens (tertiary/aromatic N) is 3. The molecule has 1 N–H and O–H groups in total. The Morgan fingerprint density at radius 1 is 1.10 bits per heavy atom. The second-order valence-corrected chi connectivity index (χ2v) is 6.81. The fraction of sp³-hybridized carbons (Fsp3) is 0.227. The maximum Gasteiger partial charge on any atom is 0.294 e. The molecular formula is C22H22N4O4. The highest BCUT2D eigenvalue weighted by molar-refractivity contribution is 5.97. The summed E-state index contributed by atoms with van der Waals surface area (Å²) < 4.78 is 1.29. The lowest BCUT2D eigenvalue weighted by Gasteiger charge is -2.18. The maximum absolute atomic E-state index is 13.1. The molecule has 30 heavy (non-hydrogen) atoms. The number of anilines is 2. The van der Waals surface area contributed by atoms with Gasteiger partial charge < -0.3 is 5.32 Å². The Balaban J connectivity index is 1.98. The molecule has 0 fully saturated rings. The molecule has 1 aromatic heterocycles. The number of nitrogens with one attached hydrogen (secondary N) is 1. The lowest BCUT2D eigenvalue weighted by molar-refractivity contribution is -0.118. The van der Waals surface area contributed by atoms with Crippen molar-refractivity contribution in [2.45, 2.75) is 26.8 Å². The molecule has 0 aliphatic carbocycles. The predicted molar refractivity (Wildman–Crippen MR) is 115 cm³/mol. The van der Waals surface area contributed by atoms with Gasteiger partial charge >= 0.3 is 0 Å². The number of benzene rings is 2. The van der Waals surface area contributed by atoms with Gasteiger partial charge in [-0.15, -0.1) is 0 Å². The van der Waals surface area contributed by atoms with Crippen molar-refractivity contribution >= 4 is 40.1 Å². The molecule has 0 aliphatic heterocycles. The minimum absolute atomic E-state index is 0.0353. The molecule has 3 rings (SSSR count). The molecule has 0 aliphatic rings. The highest BCUT2D eigenvalue weighted by Gasteiger charge is 2.19. The standard InChI is InChI=1S/C22H22N4O4/c1-4-20(29)25(3)21-22(30)26(18-11-6-5-10-17(18)24-21)13-19(28)23-16-9-7-8-15(12-16)14(2)27/h5-12H,4,13H2,1-3H3,(H,23,28). The summed E-state index contributed by atoms with van der Waals surface area (Å²) in [7, 11) is 1.49. The Bertz CT molecular complexity index is 1200. The second kappa shape index (κ2) is 8.69. The molecule has 0 radical (unpaired) electrons. The van der Waals surface area contributed by atoms with Gasteiger partial charge in [-0.3, -0.25) is 28.6 Å². The van der Waals surface area contributed by atoms with E-state index >= 15 is 0 Å². The number of hydrogen-bond acceptors (Lipinski definition) is 5. The number of carbonyl (C=O) groups excluding carboxylic acids is 3. The van der Waals surface area contributed by atoms with E-state index in [0.717, 1.165) is 0 Å². The first kappa shape index (κ1) is 20.9. The third-order valence-corrected chi connectivity index (χ3v) is 4.68. The van der Waals surface area contributed by atoms with E-state index in [1.807, 2.05) is 0 Å². The number of Topliss-reactive ketones (excluding diaryl/α,β-unsaturated/α-hetero) is 1. The zero-order chi connectivity index (χ0) is 21.8. The van der Waals surface area contributed by atoms with E-state index in [1.54, 1.807) is 55.5 Å². The second-order valence-electron chi connectivity index (χ2n) is 6.81. The van der Waals surface area contributed by atoms with E-state index in [9.17, 15) is 19.2 Å². The lowest BCUT2D eigenvalue weighted by atomic mass is 10.1. The summed E-state index contributed by atoms with van der Waals surface area (Å²) in [4.78, 5) is 54.9. The quantitative estimate of drug-likeness (QED) is 0.634. The van der Waals surface area contributed by atoms with Crippen molar-refractivity contribution in [1.29, 1.82) is 0 Å². The summed E-state index contributed by atoms with van der Waals surface area (Å²) in [6.45, 7) is 2.87. The van der Waals surface area contributed by atoms with E-state index in [-0.39, 0.29) is 30.5 Å². The Morgan fingerprint density at radius 2 is 1.83 bits per heavy atom. The molecule has 0 saturated heterocycles. The Hall–Kier alpha value is -3.81. The zero-order valence-electron chi connectivity index (χ0n) is 17.0. The summed E-state index contributed by atoms with van der Waals surface area (Å²) in [5, 5.41) is 2.71. The summed E-state index contributed by atoms with van der Waals surface area (Å²) in [5.41, 5.74) is 1.37. The third kappa shape index (κ3) is 4.27. The van der Waals surface area contributed by atoms with E-state index in [4.69, 9.17) is 0 Å². The first-order valence-electron chi connectivity index (χ1n) is 9.48. The van der Waals surface area contributed by atoms with Crippen molar-refractivity contribution in [3.63, 3.8) is 0 Å². The van der Waals surface area contributed by atoms with Gasteiger partial charge in [-0.05, 0) is 31.2 Å². The van der Waals surface area contributed by atoms with E-state index < -0.39 is 11.5 Å². The largest absolute Gasteiger partial charge is 0.325 e. The first-order valence-corrected chi connectivity index (χ1v) is 9.48. The van der Waals surface area contributed by atoms with Crippen molar-refractivity contribution < 1.29 is 14.4 Å². The molecule has 0 unspecified atom stereocenters. The number of rotatable bonds is 6. The zero-order valence-corrected chi connectivity index (χ0v) is 17.0. The molecular weight excluding hydrogens is 384 g/mol. The first-order chi connectivity index (χ1) is 14.3. The smallest absolute Gasteiger partial charge is 0.294 e. The normalized spacial score (nSPS) is 10.6. The van der Waals surface area contributed by atoms with Gasteiger partial charge in [0.15, 0.2) is 5.78 Å². The fourth-order valence-corrected chi connectivity index (χ4v) is 3.07. The fourth-order valence-electron chi connectivity index (χ4n) is 3.07. The van der Waals surface area contributed by atoms with Crippen LogP contribution in [-0.4, -0.2) is 34.2 Å². The average molecular weight is 406 g/mol. The van der Waals surface area contributed by atoms with Gasteiger partial charge in [-0.2, -0.15) is 0 Å². The number of hydrogen-bond donors (Lipinski definition) is 1. The van der Waals surface area contributed by atoms with Gasteiger partial charge in [0.2, 0.25) is 17.6 Å². The van der Waals surface area contributed by atoms with E-state index in [0.29, 0.717) is 22.3 Å². The van der Waals surface area contributed by atoms with Crippen molar-refractivity contribution in [1.82, 2.24) is 9.55 Å². The maximum atomic E-state index is 13.1. The highest BCUT2D eigenvalue weighted by atomic mass is 16.2. The minimum atomic E-state index is -0.536. The van der Waals surface area contributed by atoms with Crippen LogP contribution in [0.2, 0.25) is 0 Å². The van der Waals surface area contributed by atoms with Crippen LogP contribution in [0.25, 0.3) is 11.0 Å². The molecule has 0 bridgehead atoms. The van der Waals surface area contributed by atoms with Crippen LogP contribution in [-0.2, 0) is 16.1 Å². The van der Waals surface area contributed by atoms with Gasteiger partial charge in [-0.1, -0.05) is 31.2 Å². The Kier molecular flexibility index (Phi) is 6.06. The number of ketones is 1. The molecule has 2 amide bonds. The van der Waals surface area contributed by atoms with Gasteiger partial charge in [0.1, 0.15) is 6.54 Å². The van der Waals surface area contributed by atoms with Crippen LogP contribution in [0.4, 0.5) is 11.5 Å². The number of aromatic nitrogens is 2. The topological polar surface area (TPSA) is 101 Å². The highest BCUT2D eigenvalue weighted by Crippen LogP contribution is 2.15. The number of amides is 2. The van der Waals surface area contributed by atoms with Crippen LogP contribution >= 0.6 is 0 Å². The molecule has 1 heterocycles. The van der Waals surface area contributed by atoms with Crippen LogP contribution < -0.4 is 15.8 Å². The van der Waals surface area contributed by atoms with E-state index in [2.05, 4.69) is 10.3 Å². The Morgan fingerprint density at radius 3 is 2.53 bits per heavy atom. The third-order valence-electron chi connectivity index (χ3n) is 4.68. The average Bonchev–Trinajstić information content (AvgIpc) is 2.74. The van der Waals surface area contributed by atoms with Gasteiger partial charge in [0, 0.05) is 24.7 Å². The molecule has 0 atom stereocenters. The monoisotopic (exact) mass is 406 g/mol. The van der Waals surface area contributed by atoms with Crippen LogP contribution in [0.15, 0.2) is 53.3 Å². The van der Waals surface area contributed by atoms with Crippen LogP contribution in [0.5, 0.6) is 0 Å². The molecule has 154 valence electrons. The van der Waals surface area contributed by atoms with Gasteiger partial charge in [0.05, 0.1) is 11.0 Å². The van der Waals surface area contributed by atoms with Crippen molar-refractivity contribution in [2.24, 2.45) is 0 Å². The van der Waals surface area contributed by atoms with Crippen LogP contribution in [0, 0.1) is 0 Å². The summed E-state index contributed by atoms with van der Waals surface area (Å²) in [6, 6.07) is 13.5. The minimum Gasteiger partial charge on any atom is -0.325 e. The molecule has 3 aromatic rings. The summed E-state index contributed by atoms with van der Waals surface area (Å²) in [6.07, 6.45) is 0.220.